The van der Waals surface area contributed by atoms with Crippen LogP contribution < -0.4 is 4.90 Å². The second kappa shape index (κ2) is 5.00. The zero-order chi connectivity index (χ0) is 14.2. The van der Waals surface area contributed by atoms with Crippen LogP contribution in [0.1, 0.15) is 17.9 Å². The lowest BCUT2D eigenvalue weighted by Crippen LogP contribution is -2.21. The van der Waals surface area contributed by atoms with E-state index in [1.807, 2.05) is 18.3 Å². The smallest absolute Gasteiger partial charge is 0.227 e. The normalized spacial score (nSPS) is 18.5. The Morgan fingerprint density at radius 3 is 3.14 bits per heavy atom. The number of rotatable bonds is 2. The Kier molecular flexibility index (Phi) is 3.00. The second-order valence-corrected chi connectivity index (χ2v) is 5.77. The average Bonchev–Trinajstić information content (AvgIpc) is 3.15. The number of halogens is 1. The van der Waals surface area contributed by atoms with E-state index < -0.39 is 0 Å². The Morgan fingerprint density at radius 2 is 2.24 bits per heavy atom. The number of aromatic amines is 1. The van der Waals surface area contributed by atoms with Gasteiger partial charge in [0.1, 0.15) is 0 Å². The summed E-state index contributed by atoms with van der Waals surface area (Å²) in [6, 6.07) is 8.11. The van der Waals surface area contributed by atoms with Crippen LogP contribution >= 0.6 is 11.6 Å². The third-order valence-corrected chi connectivity index (χ3v) is 4.20. The van der Waals surface area contributed by atoms with E-state index in [2.05, 4.69) is 37.2 Å². The molecule has 0 amide bonds. The maximum atomic E-state index is 6.08. The monoisotopic (exact) mass is 299 g/mol. The topological polar surface area (TPSA) is 57.7 Å². The summed E-state index contributed by atoms with van der Waals surface area (Å²) in [4.78, 5) is 11.2. The van der Waals surface area contributed by atoms with Gasteiger partial charge in [0.05, 0.1) is 11.6 Å². The summed E-state index contributed by atoms with van der Waals surface area (Å²) in [6.07, 6.45) is 4.64. The molecule has 1 fully saturated rings. The van der Waals surface area contributed by atoms with Gasteiger partial charge in [0.25, 0.3) is 0 Å². The number of hydrogen-bond donors (Lipinski definition) is 1. The Morgan fingerprint density at radius 1 is 1.29 bits per heavy atom. The first-order chi connectivity index (χ1) is 10.3. The fourth-order valence-electron chi connectivity index (χ4n) is 2.86. The first kappa shape index (κ1) is 12.6. The van der Waals surface area contributed by atoms with Gasteiger partial charge >= 0.3 is 0 Å². The van der Waals surface area contributed by atoms with Gasteiger partial charge in [-0.3, -0.25) is 5.10 Å². The summed E-state index contributed by atoms with van der Waals surface area (Å²) in [5.41, 5.74) is 2.07. The van der Waals surface area contributed by atoms with E-state index in [9.17, 15) is 0 Å². The SMILES string of the molecule is Clc1cccc(C2CCN(c3ncc4cn[nH]c4n3)C2)c1. The fraction of sp³-hybridized carbons (Fsp3) is 0.267. The van der Waals surface area contributed by atoms with Crippen LogP contribution in [-0.2, 0) is 0 Å². The van der Waals surface area contributed by atoms with Crippen molar-refractivity contribution in [2.75, 3.05) is 18.0 Å². The van der Waals surface area contributed by atoms with Crippen molar-refractivity contribution in [2.24, 2.45) is 0 Å². The summed E-state index contributed by atoms with van der Waals surface area (Å²) in [6.45, 7) is 1.87. The quantitative estimate of drug-likeness (QED) is 0.790. The molecule has 21 heavy (non-hydrogen) atoms. The molecule has 6 heteroatoms. The second-order valence-electron chi connectivity index (χ2n) is 5.33. The largest absolute Gasteiger partial charge is 0.340 e. The van der Waals surface area contributed by atoms with Gasteiger partial charge in [0.2, 0.25) is 5.95 Å². The standard InChI is InChI=1S/C15H14ClN5/c16-13-3-1-2-10(6-13)11-4-5-21(9-11)15-17-7-12-8-18-20-14(12)19-15/h1-3,6-8,11H,4-5,9H2,(H,17,18,19,20). The van der Waals surface area contributed by atoms with Crippen LogP contribution in [-0.4, -0.2) is 33.3 Å². The van der Waals surface area contributed by atoms with E-state index in [-0.39, 0.29) is 0 Å². The van der Waals surface area contributed by atoms with Crippen molar-refractivity contribution in [3.63, 3.8) is 0 Å². The van der Waals surface area contributed by atoms with Crippen molar-refractivity contribution >= 4 is 28.6 Å². The van der Waals surface area contributed by atoms with Crippen LogP contribution in [0.15, 0.2) is 36.7 Å². The van der Waals surface area contributed by atoms with Crippen LogP contribution in [0.5, 0.6) is 0 Å². The Bertz CT molecular complexity index is 784. The summed E-state index contributed by atoms with van der Waals surface area (Å²) in [5.74, 6) is 1.24. The van der Waals surface area contributed by atoms with Gasteiger partial charge < -0.3 is 4.90 Å². The maximum Gasteiger partial charge on any atom is 0.227 e. The summed E-state index contributed by atoms with van der Waals surface area (Å²) in [7, 11) is 0. The van der Waals surface area contributed by atoms with Crippen molar-refractivity contribution in [2.45, 2.75) is 12.3 Å². The van der Waals surface area contributed by atoms with Crippen molar-refractivity contribution in [3.05, 3.63) is 47.2 Å². The molecule has 1 N–H and O–H groups in total. The number of benzene rings is 1. The minimum absolute atomic E-state index is 0.477. The van der Waals surface area contributed by atoms with Crippen LogP contribution in [0.3, 0.4) is 0 Å². The molecule has 0 aliphatic carbocycles. The highest BCUT2D eigenvalue weighted by atomic mass is 35.5. The molecule has 0 radical (unpaired) electrons. The fourth-order valence-corrected chi connectivity index (χ4v) is 3.05. The van der Waals surface area contributed by atoms with Gasteiger partial charge in [-0.1, -0.05) is 23.7 Å². The van der Waals surface area contributed by atoms with E-state index in [0.29, 0.717) is 5.92 Å². The Labute approximate surface area is 127 Å². The predicted octanol–water partition coefficient (Wildman–Crippen LogP) is 3.00. The molecule has 1 aromatic carbocycles. The molecule has 1 unspecified atom stereocenters. The van der Waals surface area contributed by atoms with Gasteiger partial charge in [-0.2, -0.15) is 10.1 Å². The first-order valence-electron chi connectivity index (χ1n) is 6.96. The molecule has 5 nitrogen and oxygen atoms in total. The molecule has 4 rings (SSSR count). The summed E-state index contributed by atoms with van der Waals surface area (Å²) in [5, 5.41) is 8.60. The third kappa shape index (κ3) is 2.34. The number of aromatic nitrogens is 4. The first-order valence-corrected chi connectivity index (χ1v) is 7.34. The van der Waals surface area contributed by atoms with Crippen molar-refractivity contribution in [3.8, 4) is 0 Å². The van der Waals surface area contributed by atoms with Gasteiger partial charge in [0.15, 0.2) is 5.65 Å². The van der Waals surface area contributed by atoms with Crippen LogP contribution in [0.25, 0.3) is 11.0 Å². The Balaban J connectivity index is 1.58. The number of fused-ring (bicyclic) bond motifs is 1. The molecule has 2 aromatic heterocycles. The van der Waals surface area contributed by atoms with Gasteiger partial charge in [-0.25, -0.2) is 4.98 Å². The van der Waals surface area contributed by atoms with Crippen molar-refractivity contribution < 1.29 is 0 Å². The predicted molar refractivity (Wildman–Crippen MR) is 82.7 cm³/mol. The number of hydrogen-bond acceptors (Lipinski definition) is 4. The molecule has 1 aliphatic heterocycles. The number of nitrogens with one attached hydrogen (secondary N) is 1. The minimum Gasteiger partial charge on any atom is -0.340 e. The van der Waals surface area contributed by atoms with E-state index in [4.69, 9.17) is 11.6 Å². The number of anilines is 1. The molecule has 1 aliphatic rings. The molecule has 3 heterocycles. The molecule has 0 bridgehead atoms. The highest BCUT2D eigenvalue weighted by molar-refractivity contribution is 6.30. The molecule has 1 atom stereocenters. The highest BCUT2D eigenvalue weighted by Gasteiger charge is 2.25. The molecular formula is C15H14ClN5. The van der Waals surface area contributed by atoms with Crippen LogP contribution in [0, 0.1) is 0 Å². The van der Waals surface area contributed by atoms with E-state index in [0.717, 1.165) is 41.5 Å². The summed E-state index contributed by atoms with van der Waals surface area (Å²) >= 11 is 6.08. The molecular weight excluding hydrogens is 286 g/mol. The lowest BCUT2D eigenvalue weighted by atomic mass is 9.99. The van der Waals surface area contributed by atoms with Crippen molar-refractivity contribution in [1.82, 2.24) is 20.2 Å². The Hall–Kier alpha value is -2.14. The lowest BCUT2D eigenvalue weighted by Gasteiger charge is -2.16. The maximum absolute atomic E-state index is 6.08. The zero-order valence-corrected chi connectivity index (χ0v) is 12.1. The zero-order valence-electron chi connectivity index (χ0n) is 11.3. The van der Waals surface area contributed by atoms with Gasteiger partial charge in [-0.05, 0) is 24.1 Å². The van der Waals surface area contributed by atoms with Gasteiger partial charge in [0, 0.05) is 30.2 Å². The van der Waals surface area contributed by atoms with Crippen molar-refractivity contribution in [1.29, 1.82) is 0 Å². The average molecular weight is 300 g/mol. The molecule has 0 saturated carbocycles. The van der Waals surface area contributed by atoms with E-state index in [1.165, 1.54) is 5.56 Å². The summed E-state index contributed by atoms with van der Waals surface area (Å²) < 4.78 is 0. The van der Waals surface area contributed by atoms with E-state index >= 15 is 0 Å². The third-order valence-electron chi connectivity index (χ3n) is 3.97. The van der Waals surface area contributed by atoms with Gasteiger partial charge in [-0.15, -0.1) is 0 Å². The highest BCUT2D eigenvalue weighted by Crippen LogP contribution is 2.30. The molecule has 3 aromatic rings. The molecule has 0 spiro atoms. The molecule has 1 saturated heterocycles. The van der Waals surface area contributed by atoms with Crippen LogP contribution in [0.4, 0.5) is 5.95 Å². The minimum atomic E-state index is 0.477. The van der Waals surface area contributed by atoms with E-state index in [1.54, 1.807) is 6.20 Å². The molecule has 106 valence electrons. The number of H-pyrrole nitrogens is 1. The van der Waals surface area contributed by atoms with Crippen LogP contribution in [0.2, 0.25) is 5.02 Å². The number of nitrogens with zero attached hydrogens (tertiary/aromatic N) is 4. The lowest BCUT2D eigenvalue weighted by molar-refractivity contribution is 0.773.